The van der Waals surface area contributed by atoms with E-state index >= 15 is 0 Å². The Hall–Kier alpha value is -1.68. The van der Waals surface area contributed by atoms with Gasteiger partial charge in [-0.1, -0.05) is 17.7 Å². The highest BCUT2D eigenvalue weighted by atomic mass is 35.5. The second-order valence-corrected chi connectivity index (χ2v) is 4.70. The number of benzene rings is 1. The van der Waals surface area contributed by atoms with Crippen LogP contribution in [0.25, 0.3) is 0 Å². The predicted molar refractivity (Wildman–Crippen MR) is 73.4 cm³/mol. The van der Waals surface area contributed by atoms with Crippen molar-refractivity contribution in [1.29, 1.82) is 0 Å². The van der Waals surface area contributed by atoms with Crippen LogP contribution in [0.4, 0.5) is 5.69 Å². The molecular weight excluding hydrogens is 266 g/mol. The molecule has 1 aromatic carbocycles. The maximum Gasteiger partial charge on any atom is 0.339 e. The zero-order valence-electron chi connectivity index (χ0n) is 10.6. The number of Topliss-reactive ketones (excluding diaryl/α,β-unsaturated/α-hetero) is 1. The van der Waals surface area contributed by atoms with Gasteiger partial charge in [0.15, 0.2) is 5.78 Å². The first kappa shape index (κ1) is 13.7. The van der Waals surface area contributed by atoms with Crippen LogP contribution in [0.5, 0.6) is 0 Å². The molecule has 0 N–H and O–H groups in total. The third-order valence-electron chi connectivity index (χ3n) is 3.03. The molecule has 0 bridgehead atoms. The predicted octanol–water partition coefficient (Wildman–Crippen LogP) is 3.34. The molecule has 4 nitrogen and oxygen atoms in total. The lowest BCUT2D eigenvalue weighted by Gasteiger charge is -2.12. The molecule has 1 fully saturated rings. The topological polar surface area (TPSA) is 55.7 Å². The molecule has 0 atom stereocenters. The number of nitrogens with zero attached hydrogens (tertiary/aromatic N) is 1. The van der Waals surface area contributed by atoms with Crippen LogP contribution in [0.3, 0.4) is 0 Å². The Bertz CT molecular complexity index is 552. The van der Waals surface area contributed by atoms with Crippen LogP contribution in [0.1, 0.15) is 36.0 Å². The van der Waals surface area contributed by atoms with Gasteiger partial charge in [0.1, 0.15) is 0 Å². The van der Waals surface area contributed by atoms with Gasteiger partial charge in [-0.3, -0.25) is 4.79 Å². The Morgan fingerprint density at radius 1 is 1.32 bits per heavy atom. The SMILES string of the molecule is COC(=O)c1cccc(N=C2CCCCC2=O)c1Cl. The zero-order chi connectivity index (χ0) is 13.8. The summed E-state index contributed by atoms with van der Waals surface area (Å²) in [4.78, 5) is 27.5. The minimum Gasteiger partial charge on any atom is -0.465 e. The summed E-state index contributed by atoms with van der Waals surface area (Å²) in [6.45, 7) is 0. The summed E-state index contributed by atoms with van der Waals surface area (Å²) >= 11 is 6.13. The van der Waals surface area contributed by atoms with Crippen LogP contribution in [0.15, 0.2) is 23.2 Å². The summed E-state index contributed by atoms with van der Waals surface area (Å²) in [6.07, 6.45) is 3.07. The molecule has 0 radical (unpaired) electrons. The Labute approximate surface area is 116 Å². The van der Waals surface area contributed by atoms with Gasteiger partial charge < -0.3 is 4.74 Å². The minimum atomic E-state index is -0.512. The van der Waals surface area contributed by atoms with E-state index in [9.17, 15) is 9.59 Å². The van der Waals surface area contributed by atoms with Crippen molar-refractivity contribution in [1.82, 2.24) is 0 Å². The molecular formula is C14H14ClNO3. The molecule has 2 rings (SSSR count). The normalized spacial score (nSPS) is 17.6. The fourth-order valence-electron chi connectivity index (χ4n) is 2.00. The van der Waals surface area contributed by atoms with Crippen LogP contribution >= 0.6 is 11.6 Å². The van der Waals surface area contributed by atoms with Gasteiger partial charge in [0.2, 0.25) is 0 Å². The van der Waals surface area contributed by atoms with Crippen LogP contribution in [-0.2, 0) is 9.53 Å². The van der Waals surface area contributed by atoms with E-state index in [1.54, 1.807) is 18.2 Å². The average Bonchev–Trinajstić information content (AvgIpc) is 2.42. The fourth-order valence-corrected chi connectivity index (χ4v) is 2.24. The molecule has 1 aliphatic rings. The van der Waals surface area contributed by atoms with Crippen molar-refractivity contribution >= 4 is 34.8 Å². The van der Waals surface area contributed by atoms with Crippen LogP contribution in [-0.4, -0.2) is 24.6 Å². The van der Waals surface area contributed by atoms with E-state index in [4.69, 9.17) is 11.6 Å². The third kappa shape index (κ3) is 3.01. The van der Waals surface area contributed by atoms with Gasteiger partial charge in [0.05, 0.1) is 29.1 Å². The van der Waals surface area contributed by atoms with Gasteiger partial charge in [0, 0.05) is 6.42 Å². The van der Waals surface area contributed by atoms with Crippen molar-refractivity contribution in [3.05, 3.63) is 28.8 Å². The Balaban J connectivity index is 2.38. The molecule has 1 aromatic rings. The molecule has 0 spiro atoms. The Morgan fingerprint density at radius 2 is 2.05 bits per heavy atom. The van der Waals surface area contributed by atoms with E-state index in [0.29, 0.717) is 24.2 Å². The molecule has 5 heteroatoms. The number of hydrogen-bond donors (Lipinski definition) is 0. The molecule has 100 valence electrons. The van der Waals surface area contributed by atoms with Gasteiger partial charge >= 0.3 is 5.97 Å². The number of methoxy groups -OCH3 is 1. The number of ketones is 1. The second kappa shape index (κ2) is 5.97. The molecule has 0 heterocycles. The van der Waals surface area contributed by atoms with Crippen molar-refractivity contribution in [2.45, 2.75) is 25.7 Å². The highest BCUT2D eigenvalue weighted by Gasteiger charge is 2.18. The first-order valence-corrected chi connectivity index (χ1v) is 6.49. The number of esters is 1. The summed E-state index contributed by atoms with van der Waals surface area (Å²) in [7, 11) is 1.29. The Morgan fingerprint density at radius 3 is 2.74 bits per heavy atom. The summed E-state index contributed by atoms with van der Waals surface area (Å²) in [5.41, 5.74) is 1.24. The average molecular weight is 280 g/mol. The van der Waals surface area contributed by atoms with Gasteiger partial charge in [-0.25, -0.2) is 9.79 Å². The smallest absolute Gasteiger partial charge is 0.339 e. The lowest BCUT2D eigenvalue weighted by molar-refractivity contribution is -0.113. The van der Waals surface area contributed by atoms with Crippen LogP contribution in [0.2, 0.25) is 5.02 Å². The highest BCUT2D eigenvalue weighted by Crippen LogP contribution is 2.30. The lowest BCUT2D eigenvalue weighted by atomic mass is 9.97. The maximum absolute atomic E-state index is 11.7. The third-order valence-corrected chi connectivity index (χ3v) is 3.43. The van der Waals surface area contributed by atoms with Gasteiger partial charge in [-0.05, 0) is 31.4 Å². The zero-order valence-corrected chi connectivity index (χ0v) is 11.4. The monoisotopic (exact) mass is 279 g/mol. The number of carbonyl (C=O) groups excluding carboxylic acids is 2. The molecule has 0 saturated heterocycles. The minimum absolute atomic E-state index is 0.0609. The van der Waals surface area contributed by atoms with E-state index in [0.717, 1.165) is 12.8 Å². The molecule has 0 unspecified atom stereocenters. The summed E-state index contributed by atoms with van der Waals surface area (Å²) in [5, 5.41) is 0.222. The van der Waals surface area contributed by atoms with Crippen LogP contribution in [0, 0.1) is 0 Å². The van der Waals surface area contributed by atoms with Crippen LogP contribution < -0.4 is 0 Å². The summed E-state index contributed by atoms with van der Waals surface area (Å²) in [5.74, 6) is -0.451. The maximum atomic E-state index is 11.7. The fraction of sp³-hybridized carbons (Fsp3) is 0.357. The van der Waals surface area contributed by atoms with E-state index in [1.165, 1.54) is 7.11 Å². The van der Waals surface area contributed by atoms with Gasteiger partial charge in [0.25, 0.3) is 0 Å². The molecule has 0 amide bonds. The van der Waals surface area contributed by atoms with Gasteiger partial charge in [-0.15, -0.1) is 0 Å². The summed E-state index contributed by atoms with van der Waals surface area (Å²) < 4.78 is 4.64. The number of ether oxygens (including phenoxy) is 1. The van der Waals surface area contributed by atoms with Crippen molar-refractivity contribution in [2.75, 3.05) is 7.11 Å². The number of hydrogen-bond acceptors (Lipinski definition) is 4. The van der Waals surface area contributed by atoms with Crippen molar-refractivity contribution in [3.63, 3.8) is 0 Å². The Kier molecular flexibility index (Phi) is 4.32. The largest absolute Gasteiger partial charge is 0.465 e. The van der Waals surface area contributed by atoms with E-state index in [1.807, 2.05) is 0 Å². The lowest BCUT2D eigenvalue weighted by Crippen LogP contribution is -2.18. The van der Waals surface area contributed by atoms with Gasteiger partial charge in [-0.2, -0.15) is 0 Å². The first-order chi connectivity index (χ1) is 9.13. The molecule has 19 heavy (non-hydrogen) atoms. The molecule has 1 aliphatic carbocycles. The molecule has 1 saturated carbocycles. The first-order valence-electron chi connectivity index (χ1n) is 6.11. The quantitative estimate of drug-likeness (QED) is 0.780. The van der Waals surface area contributed by atoms with E-state index in [2.05, 4.69) is 9.73 Å². The number of aliphatic imine (C=N–C) groups is 1. The number of carbonyl (C=O) groups is 2. The highest BCUT2D eigenvalue weighted by molar-refractivity contribution is 6.41. The molecule has 0 aliphatic heterocycles. The van der Waals surface area contributed by atoms with Crippen molar-refractivity contribution in [3.8, 4) is 0 Å². The van der Waals surface area contributed by atoms with Crippen molar-refractivity contribution < 1.29 is 14.3 Å². The molecule has 0 aromatic heterocycles. The summed E-state index contributed by atoms with van der Waals surface area (Å²) in [6, 6.07) is 4.93. The van der Waals surface area contributed by atoms with E-state index in [-0.39, 0.29) is 16.4 Å². The second-order valence-electron chi connectivity index (χ2n) is 4.32. The number of halogens is 1. The standard InChI is InChI=1S/C14H14ClNO3/c1-19-14(18)9-5-4-7-11(13(9)15)16-10-6-2-3-8-12(10)17/h4-5,7H,2-3,6,8H2,1H3. The van der Waals surface area contributed by atoms with Crippen molar-refractivity contribution in [2.24, 2.45) is 4.99 Å². The number of rotatable bonds is 2. The van der Waals surface area contributed by atoms with E-state index < -0.39 is 5.97 Å².